The molecule has 1 fully saturated rings. The molecule has 1 aliphatic carbocycles. The van der Waals surface area contributed by atoms with E-state index in [1.165, 1.54) is 19.3 Å². The van der Waals surface area contributed by atoms with Crippen LogP contribution in [0.25, 0.3) is 0 Å². The maximum Gasteiger partial charge on any atom is 0.264 e. The monoisotopic (exact) mass is 439 g/mol. The van der Waals surface area contributed by atoms with Gasteiger partial charge in [-0.2, -0.15) is 0 Å². The molecule has 0 spiro atoms. The molecule has 2 aromatic carbocycles. The van der Waals surface area contributed by atoms with Gasteiger partial charge < -0.3 is 15.6 Å². The molecule has 0 unspecified atom stereocenters. The second-order valence-corrected chi connectivity index (χ2v) is 9.03. The van der Waals surface area contributed by atoms with Crippen molar-refractivity contribution in [2.24, 2.45) is 5.92 Å². The molecule has 2 N–H and O–H groups in total. The first-order valence-electron chi connectivity index (χ1n) is 11.6. The minimum atomic E-state index is -2.62. The lowest BCUT2D eigenvalue weighted by Gasteiger charge is -2.25. The van der Waals surface area contributed by atoms with Crippen LogP contribution in [0.15, 0.2) is 36.4 Å². The van der Waals surface area contributed by atoms with E-state index in [4.69, 9.17) is 5.41 Å². The lowest BCUT2D eigenvalue weighted by molar-refractivity contribution is 0.0996. The summed E-state index contributed by atoms with van der Waals surface area (Å²) in [6, 6.07) is 10.9. The normalized spacial score (nSPS) is 15.9. The number of rotatable bonds is 10. The van der Waals surface area contributed by atoms with Crippen LogP contribution >= 0.6 is 0 Å². The number of carbonyl (C=O) groups is 1. The van der Waals surface area contributed by atoms with Crippen molar-refractivity contribution in [1.82, 2.24) is 5.32 Å². The van der Waals surface area contributed by atoms with Gasteiger partial charge in [0.05, 0.1) is 6.54 Å². The quantitative estimate of drug-likeness (QED) is 0.444. The minimum absolute atomic E-state index is 0.0420. The average molecular weight is 440 g/mol. The van der Waals surface area contributed by atoms with Gasteiger partial charge in [0.1, 0.15) is 0 Å². The number of nitrogens with one attached hydrogen (secondary N) is 2. The average Bonchev–Trinajstić information content (AvgIpc) is 3.06. The number of fused-ring (bicyclic) bond motifs is 1. The molecule has 1 aliphatic heterocycles. The number of carbonyl (C=O) groups excluding carboxylic acids is 1. The highest BCUT2D eigenvalue weighted by Gasteiger charge is 2.33. The number of nitrogens with zero attached hydrogens (tertiary/aromatic N) is 1. The molecule has 0 saturated heterocycles. The summed E-state index contributed by atoms with van der Waals surface area (Å²) in [4.78, 5) is 14.8. The highest BCUT2D eigenvalue weighted by molar-refractivity contribution is 6.10. The number of benzene rings is 2. The zero-order chi connectivity index (χ0) is 22.7. The summed E-state index contributed by atoms with van der Waals surface area (Å²) in [6.07, 6.45) is 3.31. The van der Waals surface area contributed by atoms with Gasteiger partial charge >= 0.3 is 0 Å². The fourth-order valence-electron chi connectivity index (χ4n) is 4.59. The van der Waals surface area contributed by atoms with Crippen LogP contribution in [0.2, 0.25) is 0 Å². The zero-order valence-electron chi connectivity index (χ0n) is 18.6. The van der Waals surface area contributed by atoms with Crippen molar-refractivity contribution >= 4 is 17.3 Å². The maximum absolute atomic E-state index is 13.9. The number of anilines is 1. The first kappa shape index (κ1) is 22.6. The van der Waals surface area contributed by atoms with Crippen LogP contribution in [-0.4, -0.2) is 18.2 Å². The van der Waals surface area contributed by atoms with E-state index < -0.39 is 6.43 Å². The molecule has 0 radical (unpaired) electrons. The highest BCUT2D eigenvalue weighted by atomic mass is 19.3. The lowest BCUT2D eigenvalue weighted by atomic mass is 9.85. The molecule has 2 aliphatic rings. The van der Waals surface area contributed by atoms with Crippen molar-refractivity contribution in [2.45, 2.75) is 65.0 Å². The Morgan fingerprint density at radius 3 is 2.72 bits per heavy atom. The Bertz CT molecular complexity index is 1000. The molecular weight excluding hydrogens is 408 g/mol. The summed E-state index contributed by atoms with van der Waals surface area (Å²) in [5.41, 5.74) is 3.80. The second kappa shape index (κ2) is 9.90. The second-order valence-electron chi connectivity index (χ2n) is 9.03. The third kappa shape index (κ3) is 4.90. The maximum atomic E-state index is 13.9. The number of hydrogen-bond donors (Lipinski definition) is 2. The van der Waals surface area contributed by atoms with E-state index in [0.29, 0.717) is 41.4 Å². The fraction of sp³-hybridized carbons (Fsp3) is 0.462. The summed E-state index contributed by atoms with van der Waals surface area (Å²) in [7, 11) is 0. The van der Waals surface area contributed by atoms with E-state index in [2.05, 4.69) is 5.32 Å². The van der Waals surface area contributed by atoms with E-state index in [1.807, 2.05) is 31.2 Å². The van der Waals surface area contributed by atoms with Crippen LogP contribution in [-0.2, 0) is 19.5 Å². The molecule has 32 heavy (non-hydrogen) atoms. The van der Waals surface area contributed by atoms with Gasteiger partial charge in [0.15, 0.2) is 0 Å². The predicted octanol–water partition coefficient (Wildman–Crippen LogP) is 6.04. The predicted molar refractivity (Wildman–Crippen MR) is 124 cm³/mol. The number of halogens is 2. The topological polar surface area (TPSA) is 56.2 Å². The molecule has 0 aromatic heterocycles. The van der Waals surface area contributed by atoms with Gasteiger partial charge in [0, 0.05) is 35.5 Å². The van der Waals surface area contributed by atoms with Crippen molar-refractivity contribution in [2.75, 3.05) is 11.4 Å². The summed E-state index contributed by atoms with van der Waals surface area (Å²) < 4.78 is 27.8. The molecule has 6 heteroatoms. The van der Waals surface area contributed by atoms with Crippen LogP contribution in [0.4, 0.5) is 14.5 Å². The van der Waals surface area contributed by atoms with E-state index in [1.54, 1.807) is 17.0 Å². The van der Waals surface area contributed by atoms with Gasteiger partial charge in [0.25, 0.3) is 12.3 Å². The van der Waals surface area contributed by atoms with Gasteiger partial charge in [0.2, 0.25) is 0 Å². The van der Waals surface area contributed by atoms with E-state index >= 15 is 0 Å². The summed E-state index contributed by atoms with van der Waals surface area (Å²) in [5.74, 6) is 0.450. The summed E-state index contributed by atoms with van der Waals surface area (Å²) >= 11 is 0. The van der Waals surface area contributed by atoms with E-state index in [0.717, 1.165) is 30.5 Å². The Labute approximate surface area is 188 Å². The number of hydrogen-bond acceptors (Lipinski definition) is 3. The van der Waals surface area contributed by atoms with Crippen molar-refractivity contribution in [1.29, 1.82) is 5.41 Å². The third-order valence-electron chi connectivity index (χ3n) is 6.55. The Morgan fingerprint density at radius 2 is 2.03 bits per heavy atom. The van der Waals surface area contributed by atoms with Gasteiger partial charge in [-0.15, -0.1) is 0 Å². The largest absolute Gasteiger partial charge is 0.312 e. The summed E-state index contributed by atoms with van der Waals surface area (Å²) in [5, 5.41) is 11.4. The van der Waals surface area contributed by atoms with Crippen LogP contribution < -0.4 is 10.2 Å². The van der Waals surface area contributed by atoms with Crippen LogP contribution in [0, 0.1) is 11.3 Å². The summed E-state index contributed by atoms with van der Waals surface area (Å²) in [6.45, 7) is 3.58. The van der Waals surface area contributed by atoms with E-state index in [-0.39, 0.29) is 18.0 Å². The molecule has 1 heterocycles. The van der Waals surface area contributed by atoms with Crippen molar-refractivity contribution < 1.29 is 13.6 Å². The van der Waals surface area contributed by atoms with Gasteiger partial charge in [-0.25, -0.2) is 8.78 Å². The molecule has 170 valence electrons. The van der Waals surface area contributed by atoms with Crippen LogP contribution in [0.5, 0.6) is 0 Å². The Kier molecular flexibility index (Phi) is 6.99. The number of alkyl halides is 2. The van der Waals surface area contributed by atoms with Crippen LogP contribution in [0.3, 0.4) is 0 Å². The van der Waals surface area contributed by atoms with Crippen molar-refractivity contribution in [3.8, 4) is 0 Å². The molecule has 4 nitrogen and oxygen atoms in total. The van der Waals surface area contributed by atoms with E-state index in [9.17, 15) is 13.6 Å². The van der Waals surface area contributed by atoms with Crippen molar-refractivity contribution in [3.05, 3.63) is 64.2 Å². The molecule has 4 rings (SSSR count). The zero-order valence-corrected chi connectivity index (χ0v) is 18.6. The smallest absolute Gasteiger partial charge is 0.264 e. The van der Waals surface area contributed by atoms with Gasteiger partial charge in [-0.1, -0.05) is 31.9 Å². The SMILES string of the molecule is CCCC(=N)Cc1cccc(N2Cc3c(cc(CNCC4CCC4)cc3C(F)F)C2=O)c1. The third-order valence-corrected chi connectivity index (χ3v) is 6.55. The fourth-order valence-corrected chi connectivity index (χ4v) is 4.59. The van der Waals surface area contributed by atoms with Crippen LogP contribution in [0.1, 0.15) is 78.1 Å². The lowest BCUT2D eigenvalue weighted by Crippen LogP contribution is -2.27. The first-order valence-corrected chi connectivity index (χ1v) is 11.6. The standard InChI is InChI=1S/C26H31F2N3O/c1-2-5-20(29)10-18-8-4-9-21(11-18)31-16-24-22(25(27)28)12-19(13-23(24)26(31)32)15-30-14-17-6-3-7-17/h4,8-9,11-13,17,25,29-30H,2-3,5-7,10,14-16H2,1H3. The Morgan fingerprint density at radius 1 is 1.22 bits per heavy atom. The molecular formula is C26H31F2N3O. The van der Waals surface area contributed by atoms with Gasteiger partial charge in [-0.3, -0.25) is 4.79 Å². The highest BCUT2D eigenvalue weighted by Crippen LogP contribution is 2.36. The molecule has 0 atom stereocenters. The molecule has 1 amide bonds. The van der Waals surface area contributed by atoms with Gasteiger partial charge in [-0.05, 0) is 72.7 Å². The molecule has 1 saturated carbocycles. The Balaban J connectivity index is 1.54. The Hall–Kier alpha value is -2.60. The van der Waals surface area contributed by atoms with Crippen molar-refractivity contribution in [3.63, 3.8) is 0 Å². The molecule has 2 aromatic rings. The minimum Gasteiger partial charge on any atom is -0.312 e. The first-order chi connectivity index (χ1) is 15.5. The molecule has 0 bridgehead atoms. The number of amides is 1.